The van der Waals surface area contributed by atoms with E-state index in [9.17, 15) is 4.79 Å². The average Bonchev–Trinajstić information content (AvgIpc) is 2.86. The minimum Gasteiger partial charge on any atom is -0.490 e. The van der Waals surface area contributed by atoms with Gasteiger partial charge in [-0.3, -0.25) is 14.7 Å². The van der Waals surface area contributed by atoms with Crippen LogP contribution >= 0.6 is 0 Å². The predicted octanol–water partition coefficient (Wildman–Crippen LogP) is 4.27. The number of ether oxygens (including phenoxy) is 3. The number of carbonyl (C=O) groups excluding carboxylic acids is 1. The summed E-state index contributed by atoms with van der Waals surface area (Å²) in [5, 5.41) is 4.28. The highest BCUT2D eigenvalue weighted by Crippen LogP contribution is 2.38. The summed E-state index contributed by atoms with van der Waals surface area (Å²) in [6.07, 6.45) is 2.36. The number of nitrogens with zero attached hydrogens (tertiary/aromatic N) is 2. The van der Waals surface area contributed by atoms with E-state index >= 15 is 0 Å². The van der Waals surface area contributed by atoms with Gasteiger partial charge in [0, 0.05) is 43.0 Å². The van der Waals surface area contributed by atoms with Crippen LogP contribution in [0.3, 0.4) is 0 Å². The molecule has 0 atom stereocenters. The van der Waals surface area contributed by atoms with E-state index in [-0.39, 0.29) is 0 Å². The van der Waals surface area contributed by atoms with E-state index in [0.29, 0.717) is 41.5 Å². The Labute approximate surface area is 206 Å². The zero-order chi connectivity index (χ0) is 24.8. The molecule has 2 aromatic carbocycles. The van der Waals surface area contributed by atoms with E-state index in [2.05, 4.69) is 28.2 Å². The first kappa shape index (κ1) is 24.8. The lowest BCUT2D eigenvalue weighted by molar-refractivity contribution is 0.0341. The summed E-state index contributed by atoms with van der Waals surface area (Å²) in [6, 6.07) is 9.96. The third-order valence-electron chi connectivity index (χ3n) is 6.18. The fourth-order valence-corrected chi connectivity index (χ4v) is 4.51. The molecule has 0 aliphatic carbocycles. The molecule has 4 rings (SSSR count). The molecule has 1 aromatic heterocycles. The van der Waals surface area contributed by atoms with Crippen molar-refractivity contribution in [1.29, 1.82) is 0 Å². The molecule has 2 heterocycles. The highest BCUT2D eigenvalue weighted by molar-refractivity contribution is 6.08. The molecule has 0 radical (unpaired) electrons. The Balaban J connectivity index is 1.80. The molecule has 1 fully saturated rings. The molecule has 186 valence electrons. The minimum atomic E-state index is -0.545. The highest BCUT2D eigenvalue weighted by atomic mass is 16.5. The summed E-state index contributed by atoms with van der Waals surface area (Å²) in [4.78, 5) is 19.3. The Kier molecular flexibility index (Phi) is 8.05. The van der Waals surface area contributed by atoms with E-state index in [1.807, 2.05) is 38.1 Å². The van der Waals surface area contributed by atoms with Crippen LogP contribution in [-0.2, 0) is 17.7 Å². The molecule has 1 saturated heterocycles. The zero-order valence-corrected chi connectivity index (χ0v) is 20.7. The first-order valence-electron chi connectivity index (χ1n) is 12.3. The lowest BCUT2D eigenvalue weighted by Gasteiger charge is -2.28. The normalized spacial score (nSPS) is 14.1. The molecule has 35 heavy (non-hydrogen) atoms. The number of amides is 1. The number of nitrogens with one attached hydrogen (secondary N) is 1. The van der Waals surface area contributed by atoms with Gasteiger partial charge in [0.2, 0.25) is 0 Å². The monoisotopic (exact) mass is 478 g/mol. The third-order valence-corrected chi connectivity index (χ3v) is 6.18. The number of benzene rings is 2. The second-order valence-electron chi connectivity index (χ2n) is 8.40. The number of hydrogen-bond donors (Lipinski definition) is 2. The fourth-order valence-electron chi connectivity index (χ4n) is 4.51. The van der Waals surface area contributed by atoms with Crippen LogP contribution < -0.4 is 20.5 Å². The van der Waals surface area contributed by atoms with Crippen molar-refractivity contribution in [3.63, 3.8) is 0 Å². The molecule has 0 unspecified atom stereocenters. The molecule has 1 aliphatic heterocycles. The lowest BCUT2D eigenvalue weighted by atomic mass is 10.0. The average molecular weight is 479 g/mol. The Bertz CT molecular complexity index is 1190. The smallest absolute Gasteiger partial charge is 0.252 e. The Hall–Kier alpha value is -3.36. The van der Waals surface area contributed by atoms with E-state index < -0.39 is 5.91 Å². The quantitative estimate of drug-likeness (QED) is 0.449. The number of hydrogen-bond acceptors (Lipinski definition) is 7. The van der Waals surface area contributed by atoms with Gasteiger partial charge in [-0.25, -0.2) is 0 Å². The number of aromatic nitrogens is 1. The number of carbonyl (C=O) groups is 1. The van der Waals surface area contributed by atoms with Crippen molar-refractivity contribution in [2.75, 3.05) is 44.8 Å². The number of morpholine rings is 1. The maximum atomic E-state index is 12.4. The van der Waals surface area contributed by atoms with E-state index in [0.717, 1.165) is 50.3 Å². The third kappa shape index (κ3) is 5.49. The van der Waals surface area contributed by atoms with Gasteiger partial charge >= 0.3 is 0 Å². The Morgan fingerprint density at radius 2 is 1.83 bits per heavy atom. The number of rotatable bonds is 10. The summed E-state index contributed by atoms with van der Waals surface area (Å²) in [5.74, 6) is 0.676. The van der Waals surface area contributed by atoms with Crippen molar-refractivity contribution < 1.29 is 19.0 Å². The predicted molar refractivity (Wildman–Crippen MR) is 138 cm³/mol. The summed E-state index contributed by atoms with van der Waals surface area (Å²) in [6.45, 7) is 11.2. The topological polar surface area (TPSA) is 98.9 Å². The molecule has 8 heteroatoms. The number of anilines is 2. The number of nitrogens with two attached hydrogens (primary N) is 1. The summed E-state index contributed by atoms with van der Waals surface area (Å²) < 4.78 is 17.1. The standard InChI is InChI=1S/C27H34N4O4/c1-4-19-18(17-31-10-12-33-13-11-31)8-7-9-22(19)30-26-20-14-24(34-5-2)25(35-6-3)15-23(20)29-16-21(26)27(28)32/h7-9,14-16H,4-6,10-13,17H2,1-3H3,(H2,28,32)(H,29,30). The first-order chi connectivity index (χ1) is 17.0. The summed E-state index contributed by atoms with van der Waals surface area (Å²) in [7, 11) is 0. The van der Waals surface area contributed by atoms with Crippen LogP contribution in [0.25, 0.3) is 10.9 Å². The SMILES string of the molecule is CCOc1cc2ncc(C(N)=O)c(Nc3cccc(CN4CCOCC4)c3CC)c2cc1OCC. The molecule has 0 bridgehead atoms. The molecule has 8 nitrogen and oxygen atoms in total. The maximum Gasteiger partial charge on any atom is 0.252 e. The molecule has 3 N–H and O–H groups in total. The molecular formula is C27H34N4O4. The van der Waals surface area contributed by atoms with Gasteiger partial charge in [-0.05, 0) is 43.5 Å². The van der Waals surface area contributed by atoms with Crippen LogP contribution in [0.1, 0.15) is 42.3 Å². The first-order valence-corrected chi connectivity index (χ1v) is 12.3. The maximum absolute atomic E-state index is 12.4. The van der Waals surface area contributed by atoms with Crippen LogP contribution in [0, 0.1) is 0 Å². The second kappa shape index (κ2) is 11.4. The molecule has 1 amide bonds. The lowest BCUT2D eigenvalue weighted by Crippen LogP contribution is -2.35. The number of primary amides is 1. The summed E-state index contributed by atoms with van der Waals surface area (Å²) >= 11 is 0. The zero-order valence-electron chi connectivity index (χ0n) is 20.7. The molecular weight excluding hydrogens is 444 g/mol. The van der Waals surface area contributed by atoms with Crippen molar-refractivity contribution in [2.24, 2.45) is 5.73 Å². The van der Waals surface area contributed by atoms with Gasteiger partial charge in [0.1, 0.15) is 0 Å². The van der Waals surface area contributed by atoms with Gasteiger partial charge < -0.3 is 25.3 Å². The molecule has 1 aliphatic rings. The van der Waals surface area contributed by atoms with Crippen LogP contribution in [0.15, 0.2) is 36.5 Å². The van der Waals surface area contributed by atoms with E-state index in [1.165, 1.54) is 17.3 Å². The largest absolute Gasteiger partial charge is 0.490 e. The van der Waals surface area contributed by atoms with Crippen molar-refractivity contribution >= 4 is 28.2 Å². The Morgan fingerprint density at radius 1 is 1.11 bits per heavy atom. The van der Waals surface area contributed by atoms with Crippen molar-refractivity contribution in [3.05, 3.63) is 53.2 Å². The molecule has 3 aromatic rings. The van der Waals surface area contributed by atoms with Gasteiger partial charge in [0.05, 0.1) is 43.2 Å². The van der Waals surface area contributed by atoms with Gasteiger partial charge in [0.25, 0.3) is 5.91 Å². The van der Waals surface area contributed by atoms with Crippen molar-refractivity contribution in [2.45, 2.75) is 33.7 Å². The number of fused-ring (bicyclic) bond motifs is 1. The van der Waals surface area contributed by atoms with E-state index in [1.54, 1.807) is 0 Å². The van der Waals surface area contributed by atoms with Crippen LogP contribution in [0.4, 0.5) is 11.4 Å². The fraction of sp³-hybridized carbons (Fsp3) is 0.407. The van der Waals surface area contributed by atoms with Crippen molar-refractivity contribution in [1.82, 2.24) is 9.88 Å². The highest BCUT2D eigenvalue weighted by Gasteiger charge is 2.19. The van der Waals surface area contributed by atoms with Gasteiger partial charge in [0.15, 0.2) is 11.5 Å². The number of pyridine rings is 1. The van der Waals surface area contributed by atoms with E-state index in [4.69, 9.17) is 19.9 Å². The molecule has 0 spiro atoms. The van der Waals surface area contributed by atoms with Crippen LogP contribution in [0.2, 0.25) is 0 Å². The van der Waals surface area contributed by atoms with Gasteiger partial charge in [-0.2, -0.15) is 0 Å². The van der Waals surface area contributed by atoms with Crippen LogP contribution in [0.5, 0.6) is 11.5 Å². The van der Waals surface area contributed by atoms with Gasteiger partial charge in [-0.15, -0.1) is 0 Å². The van der Waals surface area contributed by atoms with Crippen LogP contribution in [-0.4, -0.2) is 55.3 Å². The van der Waals surface area contributed by atoms with Gasteiger partial charge in [-0.1, -0.05) is 19.1 Å². The summed E-state index contributed by atoms with van der Waals surface area (Å²) in [5.41, 5.74) is 10.8. The van der Waals surface area contributed by atoms with Crippen molar-refractivity contribution in [3.8, 4) is 11.5 Å². The Morgan fingerprint density at radius 3 is 2.49 bits per heavy atom. The molecule has 0 saturated carbocycles. The second-order valence-corrected chi connectivity index (χ2v) is 8.40. The minimum absolute atomic E-state index is 0.324.